The van der Waals surface area contributed by atoms with E-state index in [9.17, 15) is 4.79 Å². The molecular formula is C15H22N4O3. The molecule has 7 heteroatoms. The van der Waals surface area contributed by atoms with Crippen LogP contribution in [-0.4, -0.2) is 72.9 Å². The number of hydrogen-bond donors (Lipinski definition) is 0. The van der Waals surface area contributed by atoms with Crippen molar-refractivity contribution in [1.82, 2.24) is 14.9 Å². The Bertz CT molecular complexity index is 525. The number of aromatic nitrogens is 2. The van der Waals surface area contributed by atoms with Crippen LogP contribution in [0.1, 0.15) is 12.8 Å². The van der Waals surface area contributed by atoms with Gasteiger partial charge in [-0.2, -0.15) is 0 Å². The summed E-state index contributed by atoms with van der Waals surface area (Å²) < 4.78 is 11.7. The Labute approximate surface area is 130 Å². The Morgan fingerprint density at radius 3 is 3.14 bits per heavy atom. The van der Waals surface area contributed by atoms with Crippen LogP contribution in [0.5, 0.6) is 0 Å². The quantitative estimate of drug-likeness (QED) is 0.798. The highest BCUT2D eigenvalue weighted by atomic mass is 16.6. The van der Waals surface area contributed by atoms with E-state index in [0.717, 1.165) is 31.7 Å². The van der Waals surface area contributed by atoms with Gasteiger partial charge in [0.2, 0.25) is 5.91 Å². The summed E-state index contributed by atoms with van der Waals surface area (Å²) in [5.41, 5.74) is -0.177. The lowest BCUT2D eigenvalue weighted by Crippen LogP contribution is -2.34. The molecule has 2 saturated heterocycles. The highest BCUT2D eigenvalue weighted by Gasteiger charge is 2.46. The summed E-state index contributed by atoms with van der Waals surface area (Å²) in [4.78, 5) is 23.8. The molecule has 0 radical (unpaired) electrons. The van der Waals surface area contributed by atoms with E-state index < -0.39 is 0 Å². The van der Waals surface area contributed by atoms with E-state index in [1.807, 2.05) is 0 Å². The first-order valence-electron chi connectivity index (χ1n) is 7.55. The van der Waals surface area contributed by atoms with Gasteiger partial charge in [-0.05, 0) is 6.42 Å². The molecule has 0 N–H and O–H groups in total. The maximum absolute atomic E-state index is 11.6. The minimum absolute atomic E-state index is 0.00860. The summed E-state index contributed by atoms with van der Waals surface area (Å²) in [6.45, 7) is 2.37. The average molecular weight is 306 g/mol. The minimum Gasteiger partial charge on any atom is -0.370 e. The van der Waals surface area contributed by atoms with E-state index in [1.54, 1.807) is 32.7 Å². The molecule has 2 unspecified atom stereocenters. The first kappa shape index (κ1) is 15.2. The minimum atomic E-state index is -0.177. The predicted octanol–water partition coefficient (Wildman–Crippen LogP) is 0.319. The molecule has 0 aromatic carbocycles. The second-order valence-electron chi connectivity index (χ2n) is 6.15. The third-order valence-electron chi connectivity index (χ3n) is 4.31. The second-order valence-corrected chi connectivity index (χ2v) is 6.15. The van der Waals surface area contributed by atoms with E-state index in [-0.39, 0.29) is 24.2 Å². The van der Waals surface area contributed by atoms with Crippen molar-refractivity contribution in [2.24, 2.45) is 0 Å². The highest BCUT2D eigenvalue weighted by molar-refractivity contribution is 5.76. The standard InChI is InChI=1S/C15H22N4O3/c1-18(2)14(20)10-21-12-7-15(22-9-12)3-6-19(11-15)13-8-16-4-5-17-13/h4-5,8,12H,3,6-7,9-11H2,1-2H3. The van der Waals surface area contributed by atoms with Gasteiger partial charge in [0.1, 0.15) is 12.4 Å². The Balaban J connectivity index is 1.53. The van der Waals surface area contributed by atoms with Crippen molar-refractivity contribution >= 4 is 11.7 Å². The topological polar surface area (TPSA) is 67.8 Å². The van der Waals surface area contributed by atoms with Gasteiger partial charge in [-0.15, -0.1) is 0 Å². The molecule has 1 spiro atoms. The molecule has 1 amide bonds. The van der Waals surface area contributed by atoms with Crippen LogP contribution in [0.25, 0.3) is 0 Å². The molecule has 0 bridgehead atoms. The molecule has 2 aliphatic heterocycles. The monoisotopic (exact) mass is 306 g/mol. The van der Waals surface area contributed by atoms with Crippen LogP contribution in [-0.2, 0) is 14.3 Å². The molecule has 120 valence electrons. The molecule has 1 aromatic heterocycles. The zero-order chi connectivity index (χ0) is 15.6. The van der Waals surface area contributed by atoms with Crippen molar-refractivity contribution < 1.29 is 14.3 Å². The zero-order valence-electron chi connectivity index (χ0n) is 13.1. The lowest BCUT2D eigenvalue weighted by Gasteiger charge is -2.23. The number of anilines is 1. The van der Waals surface area contributed by atoms with Crippen molar-refractivity contribution in [2.75, 3.05) is 45.3 Å². The maximum Gasteiger partial charge on any atom is 0.248 e. The molecule has 3 heterocycles. The van der Waals surface area contributed by atoms with Gasteiger partial charge in [-0.3, -0.25) is 9.78 Å². The average Bonchev–Trinajstić information content (AvgIpc) is 3.13. The van der Waals surface area contributed by atoms with Gasteiger partial charge in [0, 0.05) is 46.0 Å². The highest BCUT2D eigenvalue weighted by Crippen LogP contribution is 2.37. The van der Waals surface area contributed by atoms with Crippen LogP contribution in [0.2, 0.25) is 0 Å². The SMILES string of the molecule is CN(C)C(=O)COC1COC2(CCN(c3cnccn3)C2)C1. The number of amides is 1. The molecule has 0 aliphatic carbocycles. The first-order valence-corrected chi connectivity index (χ1v) is 7.55. The third kappa shape index (κ3) is 3.20. The van der Waals surface area contributed by atoms with E-state index in [2.05, 4.69) is 14.9 Å². The summed E-state index contributed by atoms with van der Waals surface area (Å²) in [5.74, 6) is 0.865. The fourth-order valence-electron chi connectivity index (χ4n) is 3.01. The first-order chi connectivity index (χ1) is 10.6. The number of ether oxygens (including phenoxy) is 2. The van der Waals surface area contributed by atoms with Gasteiger partial charge in [-0.1, -0.05) is 0 Å². The maximum atomic E-state index is 11.6. The van der Waals surface area contributed by atoms with Crippen molar-refractivity contribution in [3.63, 3.8) is 0 Å². The van der Waals surface area contributed by atoms with Gasteiger partial charge in [0.25, 0.3) is 0 Å². The van der Waals surface area contributed by atoms with Crippen LogP contribution in [0.4, 0.5) is 5.82 Å². The normalized spacial score (nSPS) is 27.5. The van der Waals surface area contributed by atoms with Crippen LogP contribution < -0.4 is 4.90 Å². The largest absolute Gasteiger partial charge is 0.370 e. The summed E-state index contributed by atoms with van der Waals surface area (Å²) >= 11 is 0. The van der Waals surface area contributed by atoms with Gasteiger partial charge in [-0.25, -0.2) is 4.98 Å². The van der Waals surface area contributed by atoms with Gasteiger partial charge in [0.15, 0.2) is 0 Å². The molecule has 1 aromatic rings. The van der Waals surface area contributed by atoms with Gasteiger partial charge in [0.05, 0.1) is 24.5 Å². The van der Waals surface area contributed by atoms with E-state index >= 15 is 0 Å². The number of likely N-dealkylation sites (N-methyl/N-ethyl adjacent to an activating group) is 1. The van der Waals surface area contributed by atoms with Crippen molar-refractivity contribution in [2.45, 2.75) is 24.5 Å². The molecule has 22 heavy (non-hydrogen) atoms. The third-order valence-corrected chi connectivity index (χ3v) is 4.31. The molecule has 7 nitrogen and oxygen atoms in total. The van der Waals surface area contributed by atoms with Crippen LogP contribution in [0.3, 0.4) is 0 Å². The van der Waals surface area contributed by atoms with Crippen LogP contribution in [0, 0.1) is 0 Å². The molecule has 3 rings (SSSR count). The Hall–Kier alpha value is -1.73. The zero-order valence-corrected chi connectivity index (χ0v) is 13.1. The lowest BCUT2D eigenvalue weighted by atomic mass is 9.98. The lowest BCUT2D eigenvalue weighted by molar-refractivity contribution is -0.135. The molecule has 2 aliphatic rings. The number of rotatable bonds is 4. The number of hydrogen-bond acceptors (Lipinski definition) is 6. The Kier molecular flexibility index (Phi) is 4.26. The second kappa shape index (κ2) is 6.18. The van der Waals surface area contributed by atoms with E-state index in [0.29, 0.717) is 6.61 Å². The Morgan fingerprint density at radius 1 is 1.55 bits per heavy atom. The fraction of sp³-hybridized carbons (Fsp3) is 0.667. The molecule has 2 atom stereocenters. The van der Waals surface area contributed by atoms with Crippen molar-refractivity contribution in [3.8, 4) is 0 Å². The summed E-state index contributed by atoms with van der Waals surface area (Å²) in [5, 5.41) is 0. The number of carbonyl (C=O) groups excluding carboxylic acids is 1. The fourth-order valence-corrected chi connectivity index (χ4v) is 3.01. The summed E-state index contributed by atoms with van der Waals surface area (Å²) in [7, 11) is 3.46. The predicted molar refractivity (Wildman–Crippen MR) is 80.6 cm³/mol. The number of carbonyl (C=O) groups is 1. The van der Waals surface area contributed by atoms with Crippen LogP contribution >= 0.6 is 0 Å². The summed E-state index contributed by atoms with van der Waals surface area (Å²) in [6, 6.07) is 0. The van der Waals surface area contributed by atoms with Gasteiger partial charge < -0.3 is 19.3 Å². The summed E-state index contributed by atoms with van der Waals surface area (Å²) in [6.07, 6.45) is 6.92. The van der Waals surface area contributed by atoms with E-state index in [1.165, 1.54) is 4.90 Å². The number of nitrogens with zero attached hydrogens (tertiary/aromatic N) is 4. The molecular weight excluding hydrogens is 284 g/mol. The van der Waals surface area contributed by atoms with Crippen LogP contribution in [0.15, 0.2) is 18.6 Å². The van der Waals surface area contributed by atoms with Gasteiger partial charge >= 0.3 is 0 Å². The van der Waals surface area contributed by atoms with Crippen molar-refractivity contribution in [3.05, 3.63) is 18.6 Å². The van der Waals surface area contributed by atoms with Crippen molar-refractivity contribution in [1.29, 1.82) is 0 Å². The molecule has 0 saturated carbocycles. The van der Waals surface area contributed by atoms with E-state index in [4.69, 9.17) is 9.47 Å². The smallest absolute Gasteiger partial charge is 0.248 e. The molecule has 2 fully saturated rings. The Morgan fingerprint density at radius 2 is 2.41 bits per heavy atom.